The quantitative estimate of drug-likeness (QED) is 0.633. The van der Waals surface area contributed by atoms with E-state index in [1.54, 1.807) is 12.1 Å². The molecule has 0 radical (unpaired) electrons. The highest BCUT2D eigenvalue weighted by Gasteiger charge is 2.00. The van der Waals surface area contributed by atoms with Crippen molar-refractivity contribution < 1.29 is 4.39 Å². The van der Waals surface area contributed by atoms with Crippen molar-refractivity contribution in [2.45, 2.75) is 6.54 Å². The summed E-state index contributed by atoms with van der Waals surface area (Å²) in [7, 11) is 0. The minimum atomic E-state index is -0.215. The molecule has 0 aromatic heterocycles. The van der Waals surface area contributed by atoms with Crippen LogP contribution in [0.4, 0.5) is 4.39 Å². The Hall–Kier alpha value is -0.850. The maximum atomic E-state index is 13.1. The van der Waals surface area contributed by atoms with E-state index in [1.165, 1.54) is 6.07 Å². The van der Waals surface area contributed by atoms with Gasteiger partial charge in [-0.05, 0) is 18.2 Å². The van der Waals surface area contributed by atoms with Crippen LogP contribution in [0.1, 0.15) is 5.56 Å². The molecule has 13 heavy (non-hydrogen) atoms. The highest BCUT2D eigenvalue weighted by atomic mass is 79.9. The van der Waals surface area contributed by atoms with Crippen molar-refractivity contribution in [2.24, 2.45) is 0 Å². The van der Waals surface area contributed by atoms with Crippen LogP contribution in [0.5, 0.6) is 0 Å². The molecular formula is C10H9BrFN. The van der Waals surface area contributed by atoms with Crippen molar-refractivity contribution in [3.8, 4) is 12.3 Å². The first kappa shape index (κ1) is 10.2. The molecule has 1 aromatic rings. The van der Waals surface area contributed by atoms with Crippen molar-refractivity contribution >= 4 is 15.9 Å². The largest absolute Gasteiger partial charge is 0.302 e. The summed E-state index contributed by atoms with van der Waals surface area (Å²) >= 11 is 3.27. The number of benzene rings is 1. The van der Waals surface area contributed by atoms with Crippen molar-refractivity contribution in [1.82, 2.24) is 5.32 Å². The van der Waals surface area contributed by atoms with Gasteiger partial charge in [0.2, 0.25) is 0 Å². The van der Waals surface area contributed by atoms with Gasteiger partial charge in [0.15, 0.2) is 0 Å². The summed E-state index contributed by atoms with van der Waals surface area (Å²) in [4.78, 5) is 0. The first-order valence-corrected chi connectivity index (χ1v) is 4.61. The molecule has 3 heteroatoms. The normalized spacial score (nSPS) is 9.62. The van der Waals surface area contributed by atoms with Crippen LogP contribution in [-0.2, 0) is 6.54 Å². The Morgan fingerprint density at radius 3 is 3.00 bits per heavy atom. The van der Waals surface area contributed by atoms with Crippen LogP contribution >= 0.6 is 15.9 Å². The van der Waals surface area contributed by atoms with E-state index in [2.05, 4.69) is 27.2 Å². The Kier molecular flexibility index (Phi) is 3.94. The second kappa shape index (κ2) is 5.00. The molecule has 0 aliphatic rings. The van der Waals surface area contributed by atoms with E-state index in [0.29, 0.717) is 18.7 Å². The lowest BCUT2D eigenvalue weighted by Gasteiger charge is -2.03. The molecule has 1 nitrogen and oxygen atoms in total. The van der Waals surface area contributed by atoms with E-state index in [4.69, 9.17) is 6.42 Å². The van der Waals surface area contributed by atoms with Crippen molar-refractivity contribution in [3.63, 3.8) is 0 Å². The molecule has 0 saturated heterocycles. The molecule has 0 aliphatic heterocycles. The molecule has 68 valence electrons. The Labute approximate surface area is 85.5 Å². The van der Waals surface area contributed by atoms with Gasteiger partial charge in [-0.2, -0.15) is 0 Å². The van der Waals surface area contributed by atoms with Crippen LogP contribution in [0.15, 0.2) is 22.7 Å². The van der Waals surface area contributed by atoms with E-state index in [9.17, 15) is 4.39 Å². The van der Waals surface area contributed by atoms with Crippen LogP contribution in [-0.4, -0.2) is 6.54 Å². The molecule has 0 atom stereocenters. The molecule has 0 saturated carbocycles. The molecule has 0 spiro atoms. The number of rotatable bonds is 3. The Morgan fingerprint density at radius 1 is 1.54 bits per heavy atom. The first-order chi connectivity index (χ1) is 6.24. The molecule has 0 bridgehead atoms. The third-order valence-electron chi connectivity index (χ3n) is 1.55. The topological polar surface area (TPSA) is 12.0 Å². The van der Waals surface area contributed by atoms with Gasteiger partial charge in [0, 0.05) is 16.6 Å². The van der Waals surface area contributed by atoms with Gasteiger partial charge >= 0.3 is 0 Å². The summed E-state index contributed by atoms with van der Waals surface area (Å²) in [6.07, 6.45) is 5.05. The SMILES string of the molecule is C#CCNCc1cc(Br)ccc1F. The molecule has 0 amide bonds. The Balaban J connectivity index is 2.65. The van der Waals surface area contributed by atoms with Gasteiger partial charge in [-0.1, -0.05) is 21.9 Å². The molecule has 0 unspecified atom stereocenters. The van der Waals surface area contributed by atoms with E-state index in [0.717, 1.165) is 4.47 Å². The zero-order valence-electron chi connectivity index (χ0n) is 6.98. The number of halogens is 2. The van der Waals surface area contributed by atoms with Crippen LogP contribution in [0.2, 0.25) is 0 Å². The minimum absolute atomic E-state index is 0.215. The summed E-state index contributed by atoms with van der Waals surface area (Å²) in [5, 5.41) is 2.92. The number of terminal acetylenes is 1. The predicted octanol–water partition coefficient (Wildman–Crippen LogP) is 2.31. The van der Waals surface area contributed by atoms with Crippen LogP contribution in [0, 0.1) is 18.2 Å². The van der Waals surface area contributed by atoms with Gasteiger partial charge in [-0.15, -0.1) is 6.42 Å². The van der Waals surface area contributed by atoms with Crippen LogP contribution < -0.4 is 5.32 Å². The Bertz CT molecular complexity index is 330. The monoisotopic (exact) mass is 241 g/mol. The second-order valence-electron chi connectivity index (χ2n) is 2.54. The van der Waals surface area contributed by atoms with Crippen LogP contribution in [0.3, 0.4) is 0 Å². The van der Waals surface area contributed by atoms with Gasteiger partial charge in [0.05, 0.1) is 6.54 Å². The molecule has 1 aromatic carbocycles. The lowest BCUT2D eigenvalue weighted by Crippen LogP contribution is -2.14. The number of hydrogen-bond donors (Lipinski definition) is 1. The fourth-order valence-corrected chi connectivity index (χ4v) is 1.36. The van der Waals surface area contributed by atoms with E-state index >= 15 is 0 Å². The first-order valence-electron chi connectivity index (χ1n) is 3.82. The van der Waals surface area contributed by atoms with Gasteiger partial charge in [0.25, 0.3) is 0 Å². The number of nitrogens with one attached hydrogen (secondary N) is 1. The summed E-state index contributed by atoms with van der Waals surface area (Å²) in [6, 6.07) is 4.83. The average molecular weight is 242 g/mol. The summed E-state index contributed by atoms with van der Waals surface area (Å²) in [5.41, 5.74) is 0.615. The summed E-state index contributed by atoms with van der Waals surface area (Å²) in [6.45, 7) is 0.904. The zero-order chi connectivity index (χ0) is 9.68. The molecule has 1 N–H and O–H groups in total. The van der Waals surface area contributed by atoms with Crippen LogP contribution in [0.25, 0.3) is 0 Å². The second-order valence-corrected chi connectivity index (χ2v) is 3.46. The standard InChI is InChI=1S/C10H9BrFN/c1-2-5-13-7-8-6-9(11)3-4-10(8)12/h1,3-4,6,13H,5,7H2. The van der Waals surface area contributed by atoms with Crippen molar-refractivity contribution in [1.29, 1.82) is 0 Å². The molecular weight excluding hydrogens is 233 g/mol. The lowest BCUT2D eigenvalue weighted by molar-refractivity contribution is 0.597. The summed E-state index contributed by atoms with van der Waals surface area (Å²) < 4.78 is 14.0. The molecule has 0 fully saturated rings. The number of hydrogen-bond acceptors (Lipinski definition) is 1. The lowest BCUT2D eigenvalue weighted by atomic mass is 10.2. The average Bonchev–Trinajstić information content (AvgIpc) is 2.11. The van der Waals surface area contributed by atoms with E-state index < -0.39 is 0 Å². The maximum absolute atomic E-state index is 13.1. The predicted molar refractivity (Wildman–Crippen MR) is 54.6 cm³/mol. The summed E-state index contributed by atoms with van der Waals surface area (Å²) in [5.74, 6) is 2.21. The van der Waals surface area contributed by atoms with Gasteiger partial charge < -0.3 is 5.32 Å². The fourth-order valence-electron chi connectivity index (χ4n) is 0.948. The van der Waals surface area contributed by atoms with Crippen molar-refractivity contribution in [2.75, 3.05) is 6.54 Å². The van der Waals surface area contributed by atoms with Gasteiger partial charge in [-0.25, -0.2) is 4.39 Å². The molecule has 0 aliphatic carbocycles. The van der Waals surface area contributed by atoms with E-state index in [1.807, 2.05) is 0 Å². The smallest absolute Gasteiger partial charge is 0.127 e. The van der Waals surface area contributed by atoms with Crippen molar-refractivity contribution in [3.05, 3.63) is 34.1 Å². The fraction of sp³-hybridized carbons (Fsp3) is 0.200. The maximum Gasteiger partial charge on any atom is 0.127 e. The highest BCUT2D eigenvalue weighted by molar-refractivity contribution is 9.10. The molecule has 0 heterocycles. The van der Waals surface area contributed by atoms with Gasteiger partial charge in [0.1, 0.15) is 5.82 Å². The third kappa shape index (κ3) is 3.17. The molecule has 1 rings (SSSR count). The van der Waals surface area contributed by atoms with E-state index in [-0.39, 0.29) is 5.82 Å². The highest BCUT2D eigenvalue weighted by Crippen LogP contribution is 2.14. The minimum Gasteiger partial charge on any atom is -0.302 e. The zero-order valence-corrected chi connectivity index (χ0v) is 8.57. The van der Waals surface area contributed by atoms with Gasteiger partial charge in [-0.3, -0.25) is 0 Å². The Morgan fingerprint density at radius 2 is 2.31 bits per heavy atom. The third-order valence-corrected chi connectivity index (χ3v) is 2.04.